The number of hydrogen-bond acceptors (Lipinski definition) is 2. The van der Waals surface area contributed by atoms with Crippen LogP contribution in [0.4, 0.5) is 8.78 Å². The minimum atomic E-state index is -0.840. The smallest absolute Gasteiger partial charge is 0.159 e. The molecular formula is C13H15F2NO. The molecule has 0 spiro atoms. The molecule has 0 saturated heterocycles. The van der Waals surface area contributed by atoms with Crippen molar-refractivity contribution in [3.05, 3.63) is 47.2 Å². The van der Waals surface area contributed by atoms with Gasteiger partial charge in [-0.15, -0.1) is 0 Å². The molecule has 2 N–H and O–H groups in total. The Kier molecular flexibility index (Phi) is 3.74. The van der Waals surface area contributed by atoms with E-state index in [4.69, 9.17) is 10.5 Å². The number of hydrogen-bond donors (Lipinski definition) is 1. The Morgan fingerprint density at radius 1 is 1.29 bits per heavy atom. The van der Waals surface area contributed by atoms with Crippen molar-refractivity contribution in [3.63, 3.8) is 0 Å². The zero-order chi connectivity index (χ0) is 12.3. The highest BCUT2D eigenvalue weighted by Gasteiger charge is 2.15. The van der Waals surface area contributed by atoms with Gasteiger partial charge in [0.25, 0.3) is 0 Å². The Hall–Kier alpha value is -1.42. The third-order valence-corrected chi connectivity index (χ3v) is 2.77. The first-order chi connectivity index (χ1) is 8.16. The quantitative estimate of drug-likeness (QED) is 0.879. The van der Waals surface area contributed by atoms with Gasteiger partial charge in [0.1, 0.15) is 5.76 Å². The summed E-state index contributed by atoms with van der Waals surface area (Å²) in [6.07, 6.45) is 4.37. The van der Waals surface area contributed by atoms with Crippen LogP contribution in [0.5, 0.6) is 0 Å². The third kappa shape index (κ3) is 3.03. The Morgan fingerprint density at radius 3 is 2.76 bits per heavy atom. The number of nitrogens with two attached hydrogens (primary N) is 1. The van der Waals surface area contributed by atoms with Gasteiger partial charge in [-0.05, 0) is 43.0 Å². The van der Waals surface area contributed by atoms with E-state index >= 15 is 0 Å². The van der Waals surface area contributed by atoms with Crippen LogP contribution < -0.4 is 5.73 Å². The Labute approximate surface area is 99.1 Å². The van der Waals surface area contributed by atoms with E-state index in [0.29, 0.717) is 18.6 Å². The second-order valence-corrected chi connectivity index (χ2v) is 4.16. The number of allylic oxidation sites excluding steroid dienone is 1. The predicted octanol–water partition coefficient (Wildman–Crippen LogP) is 2.53. The summed E-state index contributed by atoms with van der Waals surface area (Å²) in [5.74, 6) is -0.926. The molecular weight excluding hydrogens is 224 g/mol. The molecule has 1 unspecified atom stereocenters. The highest BCUT2D eigenvalue weighted by Crippen LogP contribution is 2.17. The SMILES string of the molecule is NC(Cc1ccc(F)c(F)c1)C1=CCCCO1. The van der Waals surface area contributed by atoms with Crippen molar-refractivity contribution in [3.8, 4) is 0 Å². The van der Waals surface area contributed by atoms with Crippen LogP contribution in [0.3, 0.4) is 0 Å². The molecule has 92 valence electrons. The molecule has 0 amide bonds. The third-order valence-electron chi connectivity index (χ3n) is 2.77. The Balaban J connectivity index is 2.04. The summed E-state index contributed by atoms with van der Waals surface area (Å²) in [6.45, 7) is 0.678. The van der Waals surface area contributed by atoms with Gasteiger partial charge in [-0.2, -0.15) is 0 Å². The average Bonchev–Trinajstić information content (AvgIpc) is 2.35. The zero-order valence-electron chi connectivity index (χ0n) is 9.46. The molecule has 0 fully saturated rings. The molecule has 0 aromatic heterocycles. The molecule has 2 rings (SSSR count). The van der Waals surface area contributed by atoms with Crippen LogP contribution in [0.25, 0.3) is 0 Å². The average molecular weight is 239 g/mol. The number of rotatable bonds is 3. The van der Waals surface area contributed by atoms with E-state index < -0.39 is 11.6 Å². The zero-order valence-corrected chi connectivity index (χ0v) is 9.46. The van der Waals surface area contributed by atoms with Gasteiger partial charge in [-0.3, -0.25) is 0 Å². The molecule has 2 nitrogen and oxygen atoms in total. The first-order valence-electron chi connectivity index (χ1n) is 5.69. The van der Waals surface area contributed by atoms with Gasteiger partial charge in [0, 0.05) is 0 Å². The van der Waals surface area contributed by atoms with Crippen molar-refractivity contribution < 1.29 is 13.5 Å². The summed E-state index contributed by atoms with van der Waals surface area (Å²) < 4.78 is 31.2. The molecule has 17 heavy (non-hydrogen) atoms. The maximum absolute atomic E-state index is 13.0. The summed E-state index contributed by atoms with van der Waals surface area (Å²) in [6, 6.07) is 3.55. The standard InChI is InChI=1S/C13H15F2NO/c14-10-5-4-9(7-11(10)15)8-12(16)13-3-1-2-6-17-13/h3-5,7,12H,1-2,6,8,16H2. The van der Waals surface area contributed by atoms with Crippen molar-refractivity contribution in [2.45, 2.75) is 25.3 Å². The Bertz CT molecular complexity index is 431. The lowest BCUT2D eigenvalue weighted by Crippen LogP contribution is -2.28. The lowest BCUT2D eigenvalue weighted by Gasteiger charge is -2.20. The number of benzene rings is 1. The fraction of sp³-hybridized carbons (Fsp3) is 0.385. The van der Waals surface area contributed by atoms with Gasteiger partial charge in [0.2, 0.25) is 0 Å². The van der Waals surface area contributed by atoms with E-state index in [-0.39, 0.29) is 6.04 Å². The summed E-state index contributed by atoms with van der Waals surface area (Å²) in [4.78, 5) is 0. The van der Waals surface area contributed by atoms with Crippen molar-refractivity contribution in [1.82, 2.24) is 0 Å². The maximum atomic E-state index is 13.0. The molecule has 1 aromatic carbocycles. The topological polar surface area (TPSA) is 35.2 Å². The summed E-state index contributed by atoms with van der Waals surface area (Å²) in [5, 5.41) is 0. The molecule has 1 aromatic rings. The molecule has 0 radical (unpaired) electrons. The molecule has 1 atom stereocenters. The van der Waals surface area contributed by atoms with E-state index in [0.717, 1.165) is 24.7 Å². The maximum Gasteiger partial charge on any atom is 0.159 e. The van der Waals surface area contributed by atoms with Gasteiger partial charge in [0.15, 0.2) is 11.6 Å². The highest BCUT2D eigenvalue weighted by molar-refractivity contribution is 5.21. The van der Waals surface area contributed by atoms with Crippen LogP contribution in [0, 0.1) is 11.6 Å². The first-order valence-corrected chi connectivity index (χ1v) is 5.69. The van der Waals surface area contributed by atoms with Crippen molar-refractivity contribution in [1.29, 1.82) is 0 Å². The fourth-order valence-corrected chi connectivity index (χ4v) is 1.86. The van der Waals surface area contributed by atoms with Crippen molar-refractivity contribution in [2.24, 2.45) is 5.73 Å². The number of halogens is 2. The van der Waals surface area contributed by atoms with Crippen LogP contribution in [0.1, 0.15) is 18.4 Å². The van der Waals surface area contributed by atoms with E-state index in [1.807, 2.05) is 6.08 Å². The van der Waals surface area contributed by atoms with Gasteiger partial charge in [-0.25, -0.2) is 8.78 Å². The van der Waals surface area contributed by atoms with Crippen LogP contribution >= 0.6 is 0 Å². The van der Waals surface area contributed by atoms with E-state index in [1.54, 1.807) is 6.07 Å². The van der Waals surface area contributed by atoms with Crippen LogP contribution in [-0.2, 0) is 11.2 Å². The highest BCUT2D eigenvalue weighted by atomic mass is 19.2. The molecule has 4 heteroatoms. The van der Waals surface area contributed by atoms with Crippen molar-refractivity contribution in [2.75, 3.05) is 6.61 Å². The van der Waals surface area contributed by atoms with E-state index in [9.17, 15) is 8.78 Å². The van der Waals surface area contributed by atoms with Crippen LogP contribution in [-0.4, -0.2) is 12.6 Å². The first kappa shape index (κ1) is 12.0. The molecule has 1 heterocycles. The largest absolute Gasteiger partial charge is 0.497 e. The minimum absolute atomic E-state index is 0.292. The van der Waals surface area contributed by atoms with Crippen LogP contribution in [0.15, 0.2) is 30.0 Å². The lowest BCUT2D eigenvalue weighted by atomic mass is 10.0. The Morgan fingerprint density at radius 2 is 2.12 bits per heavy atom. The summed E-state index contributed by atoms with van der Waals surface area (Å²) >= 11 is 0. The van der Waals surface area contributed by atoms with Gasteiger partial charge < -0.3 is 10.5 Å². The minimum Gasteiger partial charge on any atom is -0.497 e. The van der Waals surface area contributed by atoms with E-state index in [2.05, 4.69) is 0 Å². The fourth-order valence-electron chi connectivity index (χ4n) is 1.86. The molecule has 0 aliphatic carbocycles. The monoisotopic (exact) mass is 239 g/mol. The van der Waals surface area contributed by atoms with Crippen molar-refractivity contribution >= 4 is 0 Å². The lowest BCUT2D eigenvalue weighted by molar-refractivity contribution is 0.175. The van der Waals surface area contributed by atoms with Gasteiger partial charge >= 0.3 is 0 Å². The normalized spacial score (nSPS) is 17.2. The molecule has 1 aliphatic heterocycles. The molecule has 0 bridgehead atoms. The second-order valence-electron chi connectivity index (χ2n) is 4.16. The molecule has 0 saturated carbocycles. The van der Waals surface area contributed by atoms with E-state index in [1.165, 1.54) is 6.07 Å². The number of ether oxygens (including phenoxy) is 1. The summed E-state index contributed by atoms with van der Waals surface area (Å²) in [5.41, 5.74) is 6.63. The summed E-state index contributed by atoms with van der Waals surface area (Å²) in [7, 11) is 0. The van der Waals surface area contributed by atoms with Crippen LogP contribution in [0.2, 0.25) is 0 Å². The van der Waals surface area contributed by atoms with Gasteiger partial charge in [0.05, 0.1) is 12.6 Å². The predicted molar refractivity (Wildman–Crippen MR) is 61.3 cm³/mol. The molecule has 1 aliphatic rings. The second kappa shape index (κ2) is 5.27. The van der Waals surface area contributed by atoms with Gasteiger partial charge in [-0.1, -0.05) is 6.07 Å².